The van der Waals surface area contributed by atoms with Crippen LogP contribution in [0.15, 0.2) is 36.5 Å². The molecular weight excluding hydrogens is 343 g/mol. The Balaban J connectivity index is 1.80. The van der Waals surface area contributed by atoms with Gasteiger partial charge in [-0.25, -0.2) is 0 Å². The number of carbonyl (C=O) groups is 3. The van der Waals surface area contributed by atoms with Crippen LogP contribution in [0.4, 0.5) is 0 Å². The van der Waals surface area contributed by atoms with Crippen molar-refractivity contribution in [3.05, 3.63) is 57.8 Å². The molecule has 0 aliphatic carbocycles. The number of H-pyrrole nitrogens is 1. The zero-order valence-electron chi connectivity index (χ0n) is 11.8. The van der Waals surface area contributed by atoms with Crippen molar-refractivity contribution in [2.75, 3.05) is 13.2 Å². The van der Waals surface area contributed by atoms with E-state index in [0.29, 0.717) is 10.7 Å². The summed E-state index contributed by atoms with van der Waals surface area (Å²) in [6.07, 6.45) is 1.59. The maximum Gasteiger partial charge on any atom is 0.325 e. The molecule has 1 heterocycles. The van der Waals surface area contributed by atoms with Gasteiger partial charge in [0.15, 0.2) is 6.61 Å². The van der Waals surface area contributed by atoms with Crippen LogP contribution in [0.5, 0.6) is 0 Å². The van der Waals surface area contributed by atoms with Crippen molar-refractivity contribution < 1.29 is 19.1 Å². The van der Waals surface area contributed by atoms with Crippen LogP contribution >= 0.6 is 23.2 Å². The van der Waals surface area contributed by atoms with Crippen LogP contribution in [0.3, 0.4) is 0 Å². The quantitative estimate of drug-likeness (QED) is 0.616. The number of amides is 1. The molecule has 0 fully saturated rings. The first-order valence-electron chi connectivity index (χ1n) is 6.53. The van der Waals surface area contributed by atoms with Gasteiger partial charge in [-0.05, 0) is 30.3 Å². The zero-order chi connectivity index (χ0) is 16.8. The monoisotopic (exact) mass is 354 g/mol. The Bertz CT molecular complexity index is 729. The largest absolute Gasteiger partial charge is 0.456 e. The molecule has 2 N–H and O–H groups in total. The Kier molecular flexibility index (Phi) is 5.78. The van der Waals surface area contributed by atoms with Gasteiger partial charge in [-0.1, -0.05) is 23.2 Å². The molecule has 0 aliphatic rings. The second kappa shape index (κ2) is 7.80. The molecule has 1 aromatic carbocycles. The van der Waals surface area contributed by atoms with Gasteiger partial charge in [0.2, 0.25) is 5.78 Å². The molecule has 1 aromatic heterocycles. The van der Waals surface area contributed by atoms with Gasteiger partial charge in [0.25, 0.3) is 5.91 Å². The number of carbonyl (C=O) groups excluding carboxylic acids is 3. The Labute approximate surface area is 141 Å². The first-order chi connectivity index (χ1) is 11.0. The third-order valence-electron chi connectivity index (χ3n) is 2.83. The van der Waals surface area contributed by atoms with Crippen LogP contribution in [-0.2, 0) is 9.53 Å². The number of ether oxygens (including phenoxy) is 1. The highest BCUT2D eigenvalue weighted by molar-refractivity contribution is 6.36. The number of Topliss-reactive ketones (excluding diaryl/α,β-unsaturated/α-hetero) is 1. The van der Waals surface area contributed by atoms with Gasteiger partial charge in [0, 0.05) is 11.2 Å². The summed E-state index contributed by atoms with van der Waals surface area (Å²) in [5.41, 5.74) is 0.529. The van der Waals surface area contributed by atoms with E-state index in [0.717, 1.165) is 0 Å². The number of aromatic nitrogens is 1. The van der Waals surface area contributed by atoms with E-state index in [1.165, 1.54) is 18.2 Å². The van der Waals surface area contributed by atoms with Gasteiger partial charge in [0.1, 0.15) is 6.54 Å². The summed E-state index contributed by atoms with van der Waals surface area (Å²) in [7, 11) is 0. The fourth-order valence-corrected chi connectivity index (χ4v) is 2.19. The lowest BCUT2D eigenvalue weighted by atomic mass is 10.2. The van der Waals surface area contributed by atoms with Crippen LogP contribution in [0, 0.1) is 0 Å². The Hall–Kier alpha value is -2.31. The predicted octanol–water partition coefficient (Wildman–Crippen LogP) is 2.48. The van der Waals surface area contributed by atoms with Crippen LogP contribution in [-0.4, -0.2) is 35.8 Å². The molecule has 0 bridgehead atoms. The molecule has 0 atom stereocenters. The lowest BCUT2D eigenvalue weighted by Gasteiger charge is -2.07. The van der Waals surface area contributed by atoms with E-state index in [2.05, 4.69) is 10.3 Å². The number of hydrogen-bond acceptors (Lipinski definition) is 4. The fraction of sp³-hybridized carbons (Fsp3) is 0.133. The smallest absolute Gasteiger partial charge is 0.325 e. The Morgan fingerprint density at radius 3 is 2.61 bits per heavy atom. The molecule has 6 nitrogen and oxygen atoms in total. The van der Waals surface area contributed by atoms with Gasteiger partial charge >= 0.3 is 5.97 Å². The molecule has 0 unspecified atom stereocenters. The highest BCUT2D eigenvalue weighted by atomic mass is 35.5. The van der Waals surface area contributed by atoms with E-state index in [-0.39, 0.29) is 22.9 Å². The van der Waals surface area contributed by atoms with Crippen molar-refractivity contribution in [1.82, 2.24) is 10.3 Å². The maximum atomic E-state index is 11.9. The highest BCUT2D eigenvalue weighted by Crippen LogP contribution is 2.20. The SMILES string of the molecule is O=C(CNC(=O)c1ccc(Cl)cc1Cl)OCC(=O)c1ccc[nH]1. The highest BCUT2D eigenvalue weighted by Gasteiger charge is 2.14. The van der Waals surface area contributed by atoms with Crippen LogP contribution in [0.25, 0.3) is 0 Å². The average Bonchev–Trinajstić information content (AvgIpc) is 3.04. The summed E-state index contributed by atoms with van der Waals surface area (Å²) >= 11 is 11.6. The summed E-state index contributed by atoms with van der Waals surface area (Å²) < 4.78 is 4.79. The molecule has 8 heteroatoms. The normalized spacial score (nSPS) is 10.2. The van der Waals surface area contributed by atoms with E-state index >= 15 is 0 Å². The molecule has 23 heavy (non-hydrogen) atoms. The standard InChI is InChI=1S/C15H12Cl2N2O4/c16-9-3-4-10(11(17)6-9)15(22)19-7-14(21)23-8-13(20)12-2-1-5-18-12/h1-6,18H,7-8H2,(H,19,22). The summed E-state index contributed by atoms with van der Waals surface area (Å²) in [5, 5.41) is 2.93. The molecule has 0 spiro atoms. The lowest BCUT2D eigenvalue weighted by molar-refractivity contribution is -0.141. The number of nitrogens with one attached hydrogen (secondary N) is 2. The minimum Gasteiger partial charge on any atom is -0.456 e. The van der Waals surface area contributed by atoms with Crippen LogP contribution < -0.4 is 5.32 Å². The van der Waals surface area contributed by atoms with Gasteiger partial charge in [-0.2, -0.15) is 0 Å². The maximum absolute atomic E-state index is 11.9. The third kappa shape index (κ3) is 4.84. The second-order valence-electron chi connectivity index (χ2n) is 4.47. The fourth-order valence-electron chi connectivity index (χ4n) is 1.70. The molecule has 120 valence electrons. The number of halogens is 2. The lowest BCUT2D eigenvalue weighted by Crippen LogP contribution is -2.31. The van der Waals surface area contributed by atoms with Crippen molar-refractivity contribution in [3.63, 3.8) is 0 Å². The summed E-state index contributed by atoms with van der Waals surface area (Å²) in [5.74, 6) is -1.64. The summed E-state index contributed by atoms with van der Waals surface area (Å²) in [6, 6.07) is 7.60. The predicted molar refractivity (Wildman–Crippen MR) is 84.9 cm³/mol. The van der Waals surface area contributed by atoms with E-state index in [1.807, 2.05) is 0 Å². The zero-order valence-corrected chi connectivity index (χ0v) is 13.3. The summed E-state index contributed by atoms with van der Waals surface area (Å²) in [6.45, 7) is -0.785. The van der Waals surface area contributed by atoms with Gasteiger partial charge in [0.05, 0.1) is 16.3 Å². The van der Waals surface area contributed by atoms with Crippen LogP contribution in [0.2, 0.25) is 10.0 Å². The third-order valence-corrected chi connectivity index (χ3v) is 3.38. The number of benzene rings is 1. The van der Waals surface area contributed by atoms with Crippen molar-refractivity contribution in [1.29, 1.82) is 0 Å². The van der Waals surface area contributed by atoms with Gasteiger partial charge in [-0.3, -0.25) is 14.4 Å². The van der Waals surface area contributed by atoms with Gasteiger partial charge in [-0.15, -0.1) is 0 Å². The molecule has 0 aliphatic heterocycles. The molecule has 1 amide bonds. The Morgan fingerprint density at radius 2 is 1.96 bits per heavy atom. The number of aromatic amines is 1. The minimum atomic E-state index is -0.733. The molecule has 0 saturated heterocycles. The van der Waals surface area contributed by atoms with E-state index < -0.39 is 18.5 Å². The minimum absolute atomic E-state index is 0.172. The van der Waals surface area contributed by atoms with Crippen molar-refractivity contribution in [3.8, 4) is 0 Å². The van der Waals surface area contributed by atoms with Crippen LogP contribution in [0.1, 0.15) is 20.8 Å². The van der Waals surface area contributed by atoms with Crippen molar-refractivity contribution in [2.24, 2.45) is 0 Å². The first kappa shape index (κ1) is 17.1. The molecule has 0 radical (unpaired) electrons. The first-order valence-corrected chi connectivity index (χ1v) is 7.28. The number of rotatable bonds is 6. The van der Waals surface area contributed by atoms with Gasteiger partial charge < -0.3 is 15.0 Å². The molecule has 0 saturated carbocycles. The van der Waals surface area contributed by atoms with E-state index in [9.17, 15) is 14.4 Å². The van der Waals surface area contributed by atoms with Crippen molar-refractivity contribution >= 4 is 40.9 Å². The topological polar surface area (TPSA) is 88.3 Å². The Morgan fingerprint density at radius 1 is 1.17 bits per heavy atom. The number of esters is 1. The number of ketones is 1. The summed E-state index contributed by atoms with van der Waals surface area (Å²) in [4.78, 5) is 37.8. The molecule has 2 rings (SSSR count). The number of hydrogen-bond donors (Lipinski definition) is 2. The second-order valence-corrected chi connectivity index (χ2v) is 5.32. The molecular formula is C15H12Cl2N2O4. The van der Waals surface area contributed by atoms with E-state index in [1.54, 1.807) is 18.3 Å². The molecule has 2 aromatic rings. The van der Waals surface area contributed by atoms with E-state index in [4.69, 9.17) is 27.9 Å². The average molecular weight is 355 g/mol. The van der Waals surface area contributed by atoms with Crippen molar-refractivity contribution in [2.45, 2.75) is 0 Å².